The van der Waals surface area contributed by atoms with Gasteiger partial charge in [0.05, 0.1) is 6.04 Å². The van der Waals surface area contributed by atoms with E-state index in [1.54, 1.807) is 0 Å². The number of aromatic amines is 1. The van der Waals surface area contributed by atoms with E-state index in [-0.39, 0.29) is 12.0 Å². The highest BCUT2D eigenvalue weighted by atomic mass is 16.5. The number of hydrogen-bond acceptors (Lipinski definition) is 4. The number of hydrogen-bond donors (Lipinski definition) is 2. The number of rotatable bonds is 5. The summed E-state index contributed by atoms with van der Waals surface area (Å²) in [5, 5.41) is 8.66. The van der Waals surface area contributed by atoms with Crippen molar-refractivity contribution in [2.75, 3.05) is 0 Å². The Morgan fingerprint density at radius 2 is 2.10 bits per heavy atom. The molecule has 3 rings (SSSR count). The number of aromatic nitrogens is 3. The number of nitrogens with zero attached hydrogens (tertiary/aromatic N) is 2. The third kappa shape index (κ3) is 2.83. The average Bonchev–Trinajstić information content (AvgIpc) is 3.13. The van der Waals surface area contributed by atoms with Crippen LogP contribution in [0.25, 0.3) is 10.9 Å². The molecule has 0 aliphatic rings. The smallest absolute Gasteiger partial charge is 0.243 e. The van der Waals surface area contributed by atoms with Crippen LogP contribution in [-0.2, 0) is 6.54 Å². The molecule has 0 spiro atoms. The minimum absolute atomic E-state index is 0.0234. The van der Waals surface area contributed by atoms with E-state index in [2.05, 4.69) is 58.6 Å². The predicted octanol–water partition coefficient (Wildman–Crippen LogP) is 3.53. The van der Waals surface area contributed by atoms with E-state index < -0.39 is 0 Å². The second kappa shape index (κ2) is 5.69. The molecule has 21 heavy (non-hydrogen) atoms. The highest BCUT2D eigenvalue weighted by Crippen LogP contribution is 2.19. The van der Waals surface area contributed by atoms with E-state index >= 15 is 0 Å². The van der Waals surface area contributed by atoms with Crippen molar-refractivity contribution in [3.63, 3.8) is 0 Å². The van der Waals surface area contributed by atoms with Gasteiger partial charge in [-0.25, -0.2) is 0 Å². The van der Waals surface area contributed by atoms with E-state index in [0.29, 0.717) is 5.89 Å². The van der Waals surface area contributed by atoms with Crippen molar-refractivity contribution in [2.24, 2.45) is 0 Å². The summed E-state index contributed by atoms with van der Waals surface area (Å²) >= 11 is 0. The lowest BCUT2D eigenvalue weighted by atomic mass is 10.1. The van der Waals surface area contributed by atoms with Crippen molar-refractivity contribution in [2.45, 2.75) is 39.3 Å². The van der Waals surface area contributed by atoms with Gasteiger partial charge in [-0.15, -0.1) is 0 Å². The molecule has 5 nitrogen and oxygen atoms in total. The van der Waals surface area contributed by atoms with Gasteiger partial charge in [-0.3, -0.25) is 0 Å². The summed E-state index contributed by atoms with van der Waals surface area (Å²) in [7, 11) is 0. The van der Waals surface area contributed by atoms with E-state index in [1.165, 1.54) is 16.5 Å². The number of H-pyrrole nitrogens is 1. The van der Waals surface area contributed by atoms with Crippen LogP contribution in [0.1, 0.15) is 50.0 Å². The molecule has 0 saturated heterocycles. The highest BCUT2D eigenvalue weighted by Gasteiger charge is 2.15. The maximum Gasteiger partial charge on any atom is 0.243 e. The number of benzene rings is 1. The molecule has 2 heterocycles. The number of fused-ring (bicyclic) bond motifs is 1. The van der Waals surface area contributed by atoms with E-state index in [0.717, 1.165) is 12.4 Å². The molecule has 0 bridgehead atoms. The summed E-state index contributed by atoms with van der Waals surface area (Å²) in [6.07, 6.45) is 1.96. The molecule has 110 valence electrons. The quantitative estimate of drug-likeness (QED) is 0.752. The highest BCUT2D eigenvalue weighted by molar-refractivity contribution is 5.82. The summed E-state index contributed by atoms with van der Waals surface area (Å²) in [5.74, 6) is 1.67. The van der Waals surface area contributed by atoms with Gasteiger partial charge >= 0.3 is 0 Å². The van der Waals surface area contributed by atoms with Crippen molar-refractivity contribution < 1.29 is 4.52 Å². The van der Waals surface area contributed by atoms with Gasteiger partial charge < -0.3 is 14.8 Å². The van der Waals surface area contributed by atoms with Gasteiger partial charge in [-0.1, -0.05) is 37.2 Å². The van der Waals surface area contributed by atoms with Crippen LogP contribution >= 0.6 is 0 Å². The van der Waals surface area contributed by atoms with Gasteiger partial charge in [-0.2, -0.15) is 4.98 Å². The van der Waals surface area contributed by atoms with Crippen LogP contribution in [0.4, 0.5) is 0 Å². The third-order valence-corrected chi connectivity index (χ3v) is 3.62. The molecular formula is C16H20N4O. The molecule has 1 atom stereocenters. The van der Waals surface area contributed by atoms with Crippen LogP contribution in [0.3, 0.4) is 0 Å². The van der Waals surface area contributed by atoms with Gasteiger partial charge in [0.25, 0.3) is 0 Å². The third-order valence-electron chi connectivity index (χ3n) is 3.62. The first-order valence-corrected chi connectivity index (χ1v) is 7.27. The fraction of sp³-hybridized carbons (Fsp3) is 0.375. The largest absolute Gasteiger partial charge is 0.361 e. The molecule has 1 aromatic carbocycles. The average molecular weight is 284 g/mol. The fourth-order valence-corrected chi connectivity index (χ4v) is 2.31. The molecule has 3 aromatic rings. The van der Waals surface area contributed by atoms with Gasteiger partial charge in [0, 0.05) is 24.2 Å². The van der Waals surface area contributed by atoms with E-state index in [1.807, 2.05) is 13.1 Å². The number of para-hydroxylation sites is 1. The molecule has 0 aliphatic heterocycles. The van der Waals surface area contributed by atoms with E-state index in [9.17, 15) is 0 Å². The maximum absolute atomic E-state index is 5.32. The summed E-state index contributed by atoms with van der Waals surface area (Å²) < 4.78 is 5.32. The van der Waals surface area contributed by atoms with Crippen molar-refractivity contribution in [3.05, 3.63) is 47.7 Å². The monoisotopic (exact) mass is 284 g/mol. The van der Waals surface area contributed by atoms with Crippen LogP contribution in [0, 0.1) is 0 Å². The van der Waals surface area contributed by atoms with Crippen molar-refractivity contribution in [3.8, 4) is 0 Å². The standard InChI is InChI=1S/C16H20N4O/c1-10(2)15-19-16(21-20-15)11(3)18-9-13-6-4-5-12-7-8-17-14(12)13/h4-8,10-11,17-18H,9H2,1-3H3/t11-/m0/s1. The van der Waals surface area contributed by atoms with E-state index in [4.69, 9.17) is 4.52 Å². The van der Waals surface area contributed by atoms with Crippen LogP contribution in [-0.4, -0.2) is 15.1 Å². The summed E-state index contributed by atoms with van der Waals surface area (Å²) in [4.78, 5) is 7.71. The first kappa shape index (κ1) is 13.8. The van der Waals surface area contributed by atoms with Gasteiger partial charge in [-0.05, 0) is 23.9 Å². The molecule has 0 unspecified atom stereocenters. The Labute approximate surface area is 123 Å². The van der Waals surface area contributed by atoms with Gasteiger partial charge in [0.15, 0.2) is 5.82 Å². The summed E-state index contributed by atoms with van der Waals surface area (Å²) in [6.45, 7) is 6.89. The lowest BCUT2D eigenvalue weighted by Crippen LogP contribution is -2.18. The van der Waals surface area contributed by atoms with Crippen LogP contribution in [0.5, 0.6) is 0 Å². The topological polar surface area (TPSA) is 66.7 Å². The number of nitrogens with one attached hydrogen (secondary N) is 2. The summed E-state index contributed by atoms with van der Waals surface area (Å²) in [6, 6.07) is 8.39. The molecule has 0 fully saturated rings. The molecule has 0 amide bonds. The zero-order valence-electron chi connectivity index (χ0n) is 12.6. The van der Waals surface area contributed by atoms with Crippen LogP contribution in [0.2, 0.25) is 0 Å². The summed E-state index contributed by atoms with van der Waals surface area (Å²) in [5.41, 5.74) is 2.40. The lowest BCUT2D eigenvalue weighted by molar-refractivity contribution is 0.335. The Morgan fingerprint density at radius 1 is 1.24 bits per heavy atom. The zero-order chi connectivity index (χ0) is 14.8. The minimum Gasteiger partial charge on any atom is -0.361 e. The molecule has 2 aromatic heterocycles. The van der Waals surface area contributed by atoms with Gasteiger partial charge in [0.2, 0.25) is 5.89 Å². The van der Waals surface area contributed by atoms with Crippen LogP contribution < -0.4 is 5.32 Å². The Bertz CT molecular complexity index is 729. The van der Waals surface area contributed by atoms with Crippen LogP contribution in [0.15, 0.2) is 35.0 Å². The molecule has 0 saturated carbocycles. The second-order valence-electron chi connectivity index (χ2n) is 5.61. The van der Waals surface area contributed by atoms with Crippen molar-refractivity contribution >= 4 is 10.9 Å². The second-order valence-corrected chi connectivity index (χ2v) is 5.61. The normalized spacial score (nSPS) is 13.1. The first-order chi connectivity index (χ1) is 10.1. The molecule has 0 aliphatic carbocycles. The SMILES string of the molecule is CC(C)c1noc([C@H](C)NCc2cccc3cc[nH]c23)n1. The first-order valence-electron chi connectivity index (χ1n) is 7.27. The minimum atomic E-state index is 0.0234. The Hall–Kier alpha value is -2.14. The predicted molar refractivity (Wildman–Crippen MR) is 81.9 cm³/mol. The lowest BCUT2D eigenvalue weighted by Gasteiger charge is -2.10. The Balaban J connectivity index is 1.70. The molecular weight excluding hydrogens is 264 g/mol. The molecule has 0 radical (unpaired) electrons. The molecule has 2 N–H and O–H groups in total. The fourth-order valence-electron chi connectivity index (χ4n) is 2.31. The zero-order valence-corrected chi connectivity index (χ0v) is 12.6. The Morgan fingerprint density at radius 3 is 2.86 bits per heavy atom. The Kier molecular flexibility index (Phi) is 3.75. The van der Waals surface area contributed by atoms with Crippen molar-refractivity contribution in [1.82, 2.24) is 20.4 Å². The van der Waals surface area contributed by atoms with Gasteiger partial charge in [0.1, 0.15) is 0 Å². The maximum atomic E-state index is 5.32. The molecule has 5 heteroatoms. The van der Waals surface area contributed by atoms with Crippen molar-refractivity contribution in [1.29, 1.82) is 0 Å².